The lowest BCUT2D eigenvalue weighted by molar-refractivity contribution is 0.147. The number of nitrogens with zero attached hydrogens (tertiary/aromatic N) is 2. The van der Waals surface area contributed by atoms with Gasteiger partial charge in [-0.2, -0.15) is 0 Å². The molecular weight excluding hydrogens is 437 g/mol. The third kappa shape index (κ3) is 3.96. The van der Waals surface area contributed by atoms with Crippen molar-refractivity contribution in [1.82, 2.24) is 9.47 Å². The van der Waals surface area contributed by atoms with E-state index in [-0.39, 0.29) is 11.4 Å². The average Bonchev–Trinajstić information content (AvgIpc) is 3.07. The summed E-state index contributed by atoms with van der Waals surface area (Å²) in [4.78, 5) is 2.08. The molecule has 0 spiro atoms. The highest BCUT2D eigenvalue weighted by Crippen LogP contribution is 2.36. The zero-order valence-electron chi connectivity index (χ0n) is 17.1. The van der Waals surface area contributed by atoms with Crippen molar-refractivity contribution in [3.63, 3.8) is 0 Å². The summed E-state index contributed by atoms with van der Waals surface area (Å²) in [6.45, 7) is 1.89. The number of hydrogen-bond donors (Lipinski definition) is 0. The van der Waals surface area contributed by atoms with Crippen LogP contribution in [0.15, 0.2) is 66.9 Å². The van der Waals surface area contributed by atoms with Gasteiger partial charge in [0.15, 0.2) is 0 Å². The fourth-order valence-electron chi connectivity index (χ4n) is 4.25. The molecule has 1 aliphatic rings. The summed E-state index contributed by atoms with van der Waals surface area (Å²) in [5.74, 6) is 0.325. The van der Waals surface area contributed by atoms with Gasteiger partial charge in [-0.3, -0.25) is 4.90 Å². The van der Waals surface area contributed by atoms with Crippen LogP contribution in [0, 0.1) is 5.82 Å². The zero-order chi connectivity index (χ0) is 22.2. The van der Waals surface area contributed by atoms with Gasteiger partial charge in [-0.05, 0) is 42.0 Å². The van der Waals surface area contributed by atoms with Crippen molar-refractivity contribution in [2.75, 3.05) is 13.2 Å². The fraction of sp³-hybridized carbons (Fsp3) is 0.200. The first kappa shape index (κ1) is 20.9. The van der Waals surface area contributed by atoms with E-state index in [2.05, 4.69) is 4.90 Å². The number of benzene rings is 3. The van der Waals surface area contributed by atoms with E-state index in [1.54, 1.807) is 24.3 Å². The van der Waals surface area contributed by atoms with Crippen molar-refractivity contribution in [3.8, 4) is 11.4 Å². The minimum absolute atomic E-state index is 0.0516. The first-order valence-electron chi connectivity index (χ1n) is 10.3. The molecule has 0 saturated heterocycles. The lowest BCUT2D eigenvalue weighted by Gasteiger charge is -2.21. The molecule has 0 atom stereocenters. The molecule has 1 aliphatic heterocycles. The van der Waals surface area contributed by atoms with E-state index in [1.807, 2.05) is 29.0 Å². The molecule has 0 aliphatic carbocycles. The molecular formula is C25H20ClF3N2O. The molecule has 0 amide bonds. The van der Waals surface area contributed by atoms with Gasteiger partial charge in [-0.1, -0.05) is 35.9 Å². The number of ether oxygens (including phenoxy) is 1. The maximum Gasteiger partial charge on any atom is 0.264 e. The summed E-state index contributed by atoms with van der Waals surface area (Å²) in [7, 11) is 0. The monoisotopic (exact) mass is 456 g/mol. The summed E-state index contributed by atoms with van der Waals surface area (Å²) < 4.78 is 48.3. The zero-order valence-corrected chi connectivity index (χ0v) is 17.8. The predicted molar refractivity (Wildman–Crippen MR) is 119 cm³/mol. The maximum atomic E-state index is 13.6. The van der Waals surface area contributed by atoms with Crippen LogP contribution in [0.3, 0.4) is 0 Å². The highest BCUT2D eigenvalue weighted by molar-refractivity contribution is 6.32. The number of rotatable bonds is 4. The van der Waals surface area contributed by atoms with Gasteiger partial charge in [0.2, 0.25) is 0 Å². The van der Waals surface area contributed by atoms with Crippen molar-refractivity contribution in [2.24, 2.45) is 0 Å². The Morgan fingerprint density at radius 3 is 2.72 bits per heavy atom. The van der Waals surface area contributed by atoms with Gasteiger partial charge < -0.3 is 9.30 Å². The number of hydrogen-bond acceptors (Lipinski definition) is 2. The van der Waals surface area contributed by atoms with Crippen LogP contribution in [0.2, 0.25) is 5.02 Å². The van der Waals surface area contributed by atoms with Gasteiger partial charge in [0.05, 0.1) is 10.5 Å². The maximum absolute atomic E-state index is 13.6. The van der Waals surface area contributed by atoms with E-state index in [0.29, 0.717) is 42.6 Å². The third-order valence-electron chi connectivity index (χ3n) is 5.77. The topological polar surface area (TPSA) is 17.4 Å². The molecule has 3 aromatic carbocycles. The number of halogens is 4. The minimum Gasteiger partial charge on any atom is -0.490 e. The molecule has 32 heavy (non-hydrogen) atoms. The average molecular weight is 457 g/mol. The summed E-state index contributed by atoms with van der Waals surface area (Å²) in [6, 6.07) is 16.9. The smallest absolute Gasteiger partial charge is 0.264 e. The molecule has 5 rings (SSSR count). The second kappa shape index (κ2) is 8.52. The lowest BCUT2D eigenvalue weighted by Crippen LogP contribution is -2.25. The highest BCUT2D eigenvalue weighted by Gasteiger charge is 2.22. The Balaban J connectivity index is 1.49. The highest BCUT2D eigenvalue weighted by atomic mass is 35.5. The largest absolute Gasteiger partial charge is 0.490 e. The molecule has 0 N–H and O–H groups in total. The van der Waals surface area contributed by atoms with E-state index < -0.39 is 6.43 Å². The molecule has 164 valence electrons. The Morgan fingerprint density at radius 1 is 1.03 bits per heavy atom. The van der Waals surface area contributed by atoms with Crippen LogP contribution in [0.5, 0.6) is 5.75 Å². The second-order valence-electron chi connectivity index (χ2n) is 7.86. The van der Waals surface area contributed by atoms with Crippen molar-refractivity contribution in [1.29, 1.82) is 0 Å². The second-order valence-corrected chi connectivity index (χ2v) is 8.27. The van der Waals surface area contributed by atoms with Crippen molar-refractivity contribution < 1.29 is 17.9 Å². The van der Waals surface area contributed by atoms with Crippen LogP contribution in [-0.2, 0) is 13.1 Å². The molecule has 4 aromatic rings. The van der Waals surface area contributed by atoms with Crippen LogP contribution in [-0.4, -0.2) is 22.6 Å². The fourth-order valence-corrected chi connectivity index (χ4v) is 4.54. The summed E-state index contributed by atoms with van der Waals surface area (Å²) in [6.07, 6.45) is -0.647. The normalized spacial score (nSPS) is 14.4. The van der Waals surface area contributed by atoms with Gasteiger partial charge in [0.25, 0.3) is 6.43 Å². The molecule has 0 bridgehead atoms. The van der Waals surface area contributed by atoms with Crippen LogP contribution in [0.4, 0.5) is 13.2 Å². The summed E-state index contributed by atoms with van der Waals surface area (Å²) >= 11 is 6.57. The van der Waals surface area contributed by atoms with E-state index in [9.17, 15) is 13.2 Å². The molecule has 0 radical (unpaired) electrons. The molecule has 7 heteroatoms. The van der Waals surface area contributed by atoms with Crippen LogP contribution in [0.25, 0.3) is 16.6 Å². The minimum atomic E-state index is -2.52. The summed E-state index contributed by atoms with van der Waals surface area (Å²) in [5.41, 5.74) is 3.22. The molecule has 3 nitrogen and oxygen atoms in total. The van der Waals surface area contributed by atoms with E-state index in [0.717, 1.165) is 22.2 Å². The third-order valence-corrected chi connectivity index (χ3v) is 6.05. The predicted octanol–water partition coefficient (Wildman–Crippen LogP) is 6.76. The quantitative estimate of drug-likeness (QED) is 0.338. The number of alkyl halides is 2. The first-order chi connectivity index (χ1) is 15.5. The van der Waals surface area contributed by atoms with Gasteiger partial charge in [0.1, 0.15) is 18.2 Å². The van der Waals surface area contributed by atoms with Crippen molar-refractivity contribution >= 4 is 22.5 Å². The van der Waals surface area contributed by atoms with E-state index in [4.69, 9.17) is 16.3 Å². The van der Waals surface area contributed by atoms with Crippen LogP contribution < -0.4 is 4.74 Å². The van der Waals surface area contributed by atoms with Crippen LogP contribution >= 0.6 is 11.6 Å². The molecule has 1 aromatic heterocycles. The lowest BCUT2D eigenvalue weighted by atomic mass is 10.1. The van der Waals surface area contributed by atoms with Crippen LogP contribution in [0.1, 0.15) is 23.1 Å². The van der Waals surface area contributed by atoms with Gasteiger partial charge >= 0.3 is 0 Å². The molecule has 0 saturated carbocycles. The number of fused-ring (bicyclic) bond motifs is 2. The Hall–Kier alpha value is -2.96. The Morgan fingerprint density at radius 2 is 1.88 bits per heavy atom. The van der Waals surface area contributed by atoms with Gasteiger partial charge in [-0.15, -0.1) is 0 Å². The molecule has 0 fully saturated rings. The SMILES string of the molecule is Fc1ccc2c(ccn2-c2cc(Cl)c3c(c2)CN(Cc2ccccc2C(F)F)CCO3)c1. The van der Waals surface area contributed by atoms with Gasteiger partial charge in [0, 0.05) is 48.0 Å². The van der Waals surface area contributed by atoms with Crippen molar-refractivity contribution in [2.45, 2.75) is 19.5 Å². The van der Waals surface area contributed by atoms with Crippen molar-refractivity contribution in [3.05, 3.63) is 94.4 Å². The van der Waals surface area contributed by atoms with Gasteiger partial charge in [-0.25, -0.2) is 13.2 Å². The Labute approximate surface area is 188 Å². The Kier molecular flexibility index (Phi) is 5.57. The standard InChI is InChI=1S/C25H20ClF3N2O/c26-22-13-20(31-8-7-16-11-19(27)5-6-23(16)31)12-18-15-30(9-10-32-24(18)22)14-17-3-1-2-4-21(17)25(28)29/h1-8,11-13,25H,9-10,14-15H2. The molecule has 2 heterocycles. The van der Waals surface area contributed by atoms with E-state index >= 15 is 0 Å². The molecule has 0 unspecified atom stereocenters. The number of aromatic nitrogens is 1. The Bertz CT molecular complexity index is 1290. The first-order valence-corrected chi connectivity index (χ1v) is 10.7. The summed E-state index contributed by atoms with van der Waals surface area (Å²) in [5, 5.41) is 1.27. The van der Waals surface area contributed by atoms with E-state index in [1.165, 1.54) is 18.2 Å².